The highest BCUT2D eigenvalue weighted by molar-refractivity contribution is 5.93. The first-order chi connectivity index (χ1) is 10.2. The standard InChI is InChI=1S/C16H22N2O3/c1-2-10-21-16(20)12-5-7-13(8-6-12)18-15(19)11-14-4-3-9-17-14/h5-8,14,17H,2-4,9-11H2,1H3,(H,18,19). The summed E-state index contributed by atoms with van der Waals surface area (Å²) < 4.78 is 5.05. The first kappa shape index (κ1) is 15.5. The molecule has 0 radical (unpaired) electrons. The van der Waals surface area contributed by atoms with Gasteiger partial charge in [-0.3, -0.25) is 4.79 Å². The van der Waals surface area contributed by atoms with Crippen molar-refractivity contribution < 1.29 is 14.3 Å². The molecule has 0 aliphatic carbocycles. The van der Waals surface area contributed by atoms with Crippen LogP contribution in [0, 0.1) is 0 Å². The Morgan fingerprint density at radius 3 is 2.71 bits per heavy atom. The second-order valence-corrected chi connectivity index (χ2v) is 5.26. The maximum absolute atomic E-state index is 11.9. The third-order valence-electron chi connectivity index (χ3n) is 3.44. The van der Waals surface area contributed by atoms with Gasteiger partial charge in [-0.15, -0.1) is 0 Å². The molecule has 5 heteroatoms. The fourth-order valence-corrected chi connectivity index (χ4v) is 2.33. The molecular weight excluding hydrogens is 268 g/mol. The van der Waals surface area contributed by atoms with Crippen molar-refractivity contribution in [3.8, 4) is 0 Å². The summed E-state index contributed by atoms with van der Waals surface area (Å²) in [4.78, 5) is 23.5. The largest absolute Gasteiger partial charge is 0.462 e. The molecule has 2 rings (SSSR count). The van der Waals surface area contributed by atoms with Gasteiger partial charge in [0.2, 0.25) is 5.91 Å². The molecular formula is C16H22N2O3. The van der Waals surface area contributed by atoms with Crippen molar-refractivity contribution in [2.45, 2.75) is 38.6 Å². The number of hydrogen-bond acceptors (Lipinski definition) is 4. The van der Waals surface area contributed by atoms with E-state index >= 15 is 0 Å². The lowest BCUT2D eigenvalue weighted by atomic mass is 10.1. The Kier molecular flexibility index (Phi) is 5.75. The summed E-state index contributed by atoms with van der Waals surface area (Å²) in [6, 6.07) is 7.07. The van der Waals surface area contributed by atoms with Crippen LogP contribution in [0.4, 0.5) is 5.69 Å². The lowest BCUT2D eigenvalue weighted by molar-refractivity contribution is -0.116. The first-order valence-corrected chi connectivity index (χ1v) is 7.49. The zero-order chi connectivity index (χ0) is 15.1. The molecule has 21 heavy (non-hydrogen) atoms. The molecule has 1 aliphatic heterocycles. The van der Waals surface area contributed by atoms with Crippen molar-refractivity contribution in [3.63, 3.8) is 0 Å². The monoisotopic (exact) mass is 290 g/mol. The summed E-state index contributed by atoms with van der Waals surface area (Å²) in [6.07, 6.45) is 3.47. The predicted molar refractivity (Wildman–Crippen MR) is 81.3 cm³/mol. The Bertz CT molecular complexity index is 479. The van der Waals surface area contributed by atoms with E-state index in [-0.39, 0.29) is 17.9 Å². The second-order valence-electron chi connectivity index (χ2n) is 5.26. The van der Waals surface area contributed by atoms with Gasteiger partial charge in [0.1, 0.15) is 0 Å². The third kappa shape index (κ3) is 4.86. The zero-order valence-corrected chi connectivity index (χ0v) is 12.4. The summed E-state index contributed by atoms with van der Waals surface area (Å²) in [6.45, 7) is 3.36. The molecule has 114 valence electrons. The summed E-state index contributed by atoms with van der Waals surface area (Å²) in [5.74, 6) is -0.333. The molecule has 1 saturated heterocycles. The number of esters is 1. The van der Waals surface area contributed by atoms with Gasteiger partial charge in [0.05, 0.1) is 12.2 Å². The van der Waals surface area contributed by atoms with E-state index in [0.29, 0.717) is 24.3 Å². The van der Waals surface area contributed by atoms with E-state index in [9.17, 15) is 9.59 Å². The van der Waals surface area contributed by atoms with Crippen LogP contribution >= 0.6 is 0 Å². The van der Waals surface area contributed by atoms with Gasteiger partial charge in [-0.05, 0) is 50.1 Å². The highest BCUT2D eigenvalue weighted by atomic mass is 16.5. The topological polar surface area (TPSA) is 67.4 Å². The van der Waals surface area contributed by atoms with Crippen LogP contribution in [0.5, 0.6) is 0 Å². The van der Waals surface area contributed by atoms with Crippen molar-refractivity contribution in [1.29, 1.82) is 0 Å². The molecule has 0 aromatic heterocycles. The quantitative estimate of drug-likeness (QED) is 0.789. The number of carbonyl (C=O) groups excluding carboxylic acids is 2. The van der Waals surface area contributed by atoms with E-state index < -0.39 is 0 Å². The first-order valence-electron chi connectivity index (χ1n) is 7.49. The van der Waals surface area contributed by atoms with Crippen molar-refractivity contribution in [3.05, 3.63) is 29.8 Å². The fourth-order valence-electron chi connectivity index (χ4n) is 2.33. The van der Waals surface area contributed by atoms with Gasteiger partial charge in [-0.2, -0.15) is 0 Å². The lowest BCUT2D eigenvalue weighted by Gasteiger charge is -2.10. The van der Waals surface area contributed by atoms with Gasteiger partial charge in [-0.1, -0.05) is 6.92 Å². The number of amides is 1. The lowest BCUT2D eigenvalue weighted by Crippen LogP contribution is -2.27. The Morgan fingerprint density at radius 1 is 1.33 bits per heavy atom. The van der Waals surface area contributed by atoms with Crippen LogP contribution in [-0.4, -0.2) is 31.1 Å². The van der Waals surface area contributed by atoms with Crippen LogP contribution in [0.15, 0.2) is 24.3 Å². The van der Waals surface area contributed by atoms with Gasteiger partial charge in [0.25, 0.3) is 0 Å². The maximum atomic E-state index is 11.9. The Labute approximate surface area is 125 Å². The molecule has 0 saturated carbocycles. The van der Waals surface area contributed by atoms with E-state index in [4.69, 9.17) is 4.74 Å². The van der Waals surface area contributed by atoms with Gasteiger partial charge in [0, 0.05) is 18.2 Å². The summed E-state index contributed by atoms with van der Waals surface area (Å²) >= 11 is 0. The van der Waals surface area contributed by atoms with Crippen LogP contribution in [0.1, 0.15) is 43.0 Å². The smallest absolute Gasteiger partial charge is 0.338 e. The predicted octanol–water partition coefficient (Wildman–Crippen LogP) is 2.33. The molecule has 1 unspecified atom stereocenters. The summed E-state index contributed by atoms with van der Waals surface area (Å²) in [5, 5.41) is 6.14. The molecule has 1 atom stereocenters. The van der Waals surface area contributed by atoms with Gasteiger partial charge in [-0.25, -0.2) is 4.79 Å². The number of carbonyl (C=O) groups is 2. The molecule has 5 nitrogen and oxygen atoms in total. The third-order valence-corrected chi connectivity index (χ3v) is 3.44. The average molecular weight is 290 g/mol. The maximum Gasteiger partial charge on any atom is 0.338 e. The van der Waals surface area contributed by atoms with Crippen molar-refractivity contribution >= 4 is 17.6 Å². The number of ether oxygens (including phenoxy) is 1. The van der Waals surface area contributed by atoms with Gasteiger partial charge < -0.3 is 15.4 Å². The normalized spacial score (nSPS) is 17.5. The molecule has 1 aliphatic rings. The van der Waals surface area contributed by atoms with E-state index in [1.807, 2.05) is 6.92 Å². The van der Waals surface area contributed by atoms with Crippen molar-refractivity contribution in [1.82, 2.24) is 5.32 Å². The SMILES string of the molecule is CCCOC(=O)c1ccc(NC(=O)CC2CCCN2)cc1. The van der Waals surface area contributed by atoms with E-state index in [1.165, 1.54) is 0 Å². The number of anilines is 1. The number of nitrogens with one attached hydrogen (secondary N) is 2. The fraction of sp³-hybridized carbons (Fsp3) is 0.500. The Morgan fingerprint density at radius 2 is 2.10 bits per heavy atom. The van der Waals surface area contributed by atoms with Crippen LogP contribution in [-0.2, 0) is 9.53 Å². The molecule has 2 N–H and O–H groups in total. The molecule has 1 aromatic carbocycles. The Hall–Kier alpha value is -1.88. The minimum Gasteiger partial charge on any atom is -0.462 e. The van der Waals surface area contributed by atoms with Crippen molar-refractivity contribution in [2.75, 3.05) is 18.5 Å². The Balaban J connectivity index is 1.83. The average Bonchev–Trinajstić information content (AvgIpc) is 2.98. The number of rotatable bonds is 6. The number of benzene rings is 1. The van der Waals surface area contributed by atoms with E-state index in [0.717, 1.165) is 25.8 Å². The molecule has 1 amide bonds. The highest BCUT2D eigenvalue weighted by Gasteiger charge is 2.17. The highest BCUT2D eigenvalue weighted by Crippen LogP contribution is 2.13. The molecule has 1 aromatic rings. The number of hydrogen-bond donors (Lipinski definition) is 2. The van der Waals surface area contributed by atoms with Crippen LogP contribution in [0.3, 0.4) is 0 Å². The second kappa shape index (κ2) is 7.78. The van der Waals surface area contributed by atoms with Crippen LogP contribution < -0.4 is 10.6 Å². The van der Waals surface area contributed by atoms with Gasteiger partial charge >= 0.3 is 5.97 Å². The molecule has 0 spiro atoms. The minimum absolute atomic E-state index is 0.00397. The molecule has 1 heterocycles. The molecule has 0 bridgehead atoms. The van der Waals surface area contributed by atoms with Gasteiger partial charge in [0.15, 0.2) is 0 Å². The summed E-state index contributed by atoms with van der Waals surface area (Å²) in [5.41, 5.74) is 1.20. The van der Waals surface area contributed by atoms with Crippen LogP contribution in [0.2, 0.25) is 0 Å². The molecule has 1 fully saturated rings. The minimum atomic E-state index is -0.329. The van der Waals surface area contributed by atoms with Crippen molar-refractivity contribution in [2.24, 2.45) is 0 Å². The summed E-state index contributed by atoms with van der Waals surface area (Å²) in [7, 11) is 0. The van der Waals surface area contributed by atoms with Crippen LogP contribution in [0.25, 0.3) is 0 Å². The van der Waals surface area contributed by atoms with E-state index in [1.54, 1.807) is 24.3 Å². The van der Waals surface area contributed by atoms with E-state index in [2.05, 4.69) is 10.6 Å². The zero-order valence-electron chi connectivity index (χ0n) is 12.4.